The second kappa shape index (κ2) is 9.07. The van der Waals surface area contributed by atoms with Crippen molar-refractivity contribution in [2.24, 2.45) is 0 Å². The Bertz CT molecular complexity index is 1070. The summed E-state index contributed by atoms with van der Waals surface area (Å²) in [5.74, 6) is 0.0258. The van der Waals surface area contributed by atoms with Crippen LogP contribution in [0.25, 0.3) is 11.5 Å². The van der Waals surface area contributed by atoms with Crippen molar-refractivity contribution in [1.82, 2.24) is 19.9 Å². The Labute approximate surface area is 181 Å². The summed E-state index contributed by atoms with van der Waals surface area (Å²) in [6, 6.07) is 10.6. The lowest BCUT2D eigenvalue weighted by Crippen LogP contribution is -2.48. The molecule has 10 heteroatoms. The van der Waals surface area contributed by atoms with Crippen molar-refractivity contribution in [2.45, 2.75) is 19.1 Å². The molecule has 1 aromatic heterocycles. The first-order valence-corrected chi connectivity index (χ1v) is 10.0. The molecule has 0 saturated carbocycles. The molecule has 1 aliphatic rings. The van der Waals surface area contributed by atoms with Crippen molar-refractivity contribution in [3.8, 4) is 11.5 Å². The number of carbonyl (C=O) groups excluding carboxylic acids is 1. The summed E-state index contributed by atoms with van der Waals surface area (Å²) < 4.78 is 56.9. The largest absolute Gasteiger partial charge is 0.416 e. The molecule has 2 aromatic carbocycles. The molecule has 0 aliphatic carbocycles. The van der Waals surface area contributed by atoms with E-state index in [0.29, 0.717) is 38.5 Å². The Kier molecular flexibility index (Phi) is 6.22. The van der Waals surface area contributed by atoms with Gasteiger partial charge in [0.1, 0.15) is 5.82 Å². The number of halogens is 4. The van der Waals surface area contributed by atoms with Crippen molar-refractivity contribution >= 4 is 5.91 Å². The fourth-order valence-corrected chi connectivity index (χ4v) is 3.51. The summed E-state index contributed by atoms with van der Waals surface area (Å²) in [5, 5.41) is 3.88. The van der Waals surface area contributed by atoms with E-state index in [1.807, 2.05) is 4.90 Å². The average Bonchev–Trinajstić information content (AvgIpc) is 3.24. The second-order valence-corrected chi connectivity index (χ2v) is 7.55. The third-order valence-corrected chi connectivity index (χ3v) is 5.26. The molecule has 32 heavy (non-hydrogen) atoms. The number of carbonyl (C=O) groups is 1. The van der Waals surface area contributed by atoms with Gasteiger partial charge in [-0.2, -0.15) is 18.2 Å². The summed E-state index contributed by atoms with van der Waals surface area (Å²) in [4.78, 5) is 20.5. The summed E-state index contributed by atoms with van der Waals surface area (Å²) in [5.41, 5.74) is 0.179. The molecule has 1 aliphatic heterocycles. The number of hydrogen-bond acceptors (Lipinski definition) is 5. The number of rotatable bonds is 5. The summed E-state index contributed by atoms with van der Waals surface area (Å²) in [7, 11) is 0. The normalized spacial score (nSPS) is 15.2. The third kappa shape index (κ3) is 5.31. The Morgan fingerprint density at radius 2 is 1.75 bits per heavy atom. The highest BCUT2D eigenvalue weighted by atomic mass is 19.4. The zero-order chi connectivity index (χ0) is 22.7. The lowest BCUT2D eigenvalue weighted by molar-refractivity contribution is -0.137. The van der Waals surface area contributed by atoms with E-state index in [1.54, 1.807) is 17.0 Å². The Morgan fingerprint density at radius 3 is 2.44 bits per heavy atom. The second-order valence-electron chi connectivity index (χ2n) is 7.55. The lowest BCUT2D eigenvalue weighted by atomic mass is 10.1. The van der Waals surface area contributed by atoms with E-state index in [0.717, 1.165) is 17.7 Å². The monoisotopic (exact) mass is 448 g/mol. The average molecular weight is 448 g/mol. The van der Waals surface area contributed by atoms with Crippen molar-refractivity contribution in [3.63, 3.8) is 0 Å². The van der Waals surface area contributed by atoms with Gasteiger partial charge >= 0.3 is 6.18 Å². The van der Waals surface area contributed by atoms with Crippen LogP contribution in [0.5, 0.6) is 0 Å². The van der Waals surface area contributed by atoms with Crippen molar-refractivity contribution < 1.29 is 26.9 Å². The van der Waals surface area contributed by atoms with E-state index < -0.39 is 11.7 Å². The van der Waals surface area contributed by atoms with Gasteiger partial charge in [0.2, 0.25) is 5.91 Å². The molecule has 3 aromatic rings. The number of amides is 1. The van der Waals surface area contributed by atoms with Gasteiger partial charge in [0, 0.05) is 31.7 Å². The van der Waals surface area contributed by atoms with Gasteiger partial charge in [-0.25, -0.2) is 4.39 Å². The van der Waals surface area contributed by atoms with Crippen LogP contribution in [-0.4, -0.2) is 52.0 Å². The first-order chi connectivity index (χ1) is 15.3. The summed E-state index contributed by atoms with van der Waals surface area (Å²) in [6.45, 7) is 2.62. The molecule has 1 amide bonds. The Morgan fingerprint density at radius 1 is 1.03 bits per heavy atom. The molecule has 0 radical (unpaired) electrons. The molecular weight excluding hydrogens is 428 g/mol. The van der Waals surface area contributed by atoms with Crippen LogP contribution in [0.4, 0.5) is 17.6 Å². The molecule has 1 saturated heterocycles. The number of hydrogen-bond donors (Lipinski definition) is 0. The van der Waals surface area contributed by atoms with E-state index in [1.165, 1.54) is 24.3 Å². The van der Waals surface area contributed by atoms with Crippen LogP contribution in [-0.2, 0) is 23.9 Å². The van der Waals surface area contributed by atoms with Gasteiger partial charge in [-0.15, -0.1) is 0 Å². The molecule has 0 unspecified atom stereocenters. The molecule has 6 nitrogen and oxygen atoms in total. The molecule has 0 bridgehead atoms. The van der Waals surface area contributed by atoms with Crippen LogP contribution >= 0.6 is 0 Å². The lowest BCUT2D eigenvalue weighted by Gasteiger charge is -2.34. The molecule has 4 rings (SSSR count). The smallest absolute Gasteiger partial charge is 0.340 e. The Hall–Kier alpha value is -3.27. The molecular formula is C22H20F4N4O2. The van der Waals surface area contributed by atoms with E-state index in [4.69, 9.17) is 4.52 Å². The van der Waals surface area contributed by atoms with E-state index >= 15 is 0 Å². The molecule has 0 N–H and O–H groups in total. The van der Waals surface area contributed by atoms with Gasteiger partial charge in [0.25, 0.3) is 5.89 Å². The maximum absolute atomic E-state index is 13.0. The molecule has 1 fully saturated rings. The zero-order valence-corrected chi connectivity index (χ0v) is 17.0. The van der Waals surface area contributed by atoms with Crippen LogP contribution in [0.2, 0.25) is 0 Å². The molecule has 0 atom stereocenters. The van der Waals surface area contributed by atoms with Crippen molar-refractivity contribution in [1.29, 1.82) is 0 Å². The number of benzene rings is 2. The SMILES string of the molecule is O=C(Cc1ccc(F)cc1)N1CCN(Cc2noc(-c3cccc(C(F)(F)F)c3)n2)CC1. The van der Waals surface area contributed by atoms with Crippen molar-refractivity contribution in [2.75, 3.05) is 26.2 Å². The van der Waals surface area contributed by atoms with Crippen LogP contribution in [0, 0.1) is 5.82 Å². The molecule has 2 heterocycles. The number of alkyl halides is 3. The van der Waals surface area contributed by atoms with Gasteiger partial charge < -0.3 is 9.42 Å². The minimum atomic E-state index is -4.45. The topological polar surface area (TPSA) is 62.5 Å². The van der Waals surface area contributed by atoms with Gasteiger partial charge in [-0.05, 0) is 35.9 Å². The van der Waals surface area contributed by atoms with Crippen LogP contribution in [0.3, 0.4) is 0 Å². The first-order valence-electron chi connectivity index (χ1n) is 10.0. The summed E-state index contributed by atoms with van der Waals surface area (Å²) in [6.07, 6.45) is -4.24. The zero-order valence-electron chi connectivity index (χ0n) is 17.0. The minimum absolute atomic E-state index is 0.0253. The van der Waals surface area contributed by atoms with E-state index in [-0.39, 0.29) is 29.6 Å². The van der Waals surface area contributed by atoms with Gasteiger partial charge in [0.15, 0.2) is 5.82 Å². The van der Waals surface area contributed by atoms with Crippen LogP contribution in [0.1, 0.15) is 17.0 Å². The molecule has 0 spiro atoms. The van der Waals surface area contributed by atoms with Gasteiger partial charge in [0.05, 0.1) is 18.5 Å². The predicted octanol–water partition coefficient (Wildman–Crippen LogP) is 3.78. The number of aromatic nitrogens is 2. The van der Waals surface area contributed by atoms with Crippen molar-refractivity contribution in [3.05, 3.63) is 71.3 Å². The van der Waals surface area contributed by atoms with Crippen LogP contribution in [0.15, 0.2) is 53.1 Å². The highest BCUT2D eigenvalue weighted by Gasteiger charge is 2.31. The van der Waals surface area contributed by atoms with E-state index in [2.05, 4.69) is 10.1 Å². The maximum atomic E-state index is 13.0. The Balaban J connectivity index is 1.31. The van der Waals surface area contributed by atoms with E-state index in [9.17, 15) is 22.4 Å². The number of piperazine rings is 1. The minimum Gasteiger partial charge on any atom is -0.340 e. The highest BCUT2D eigenvalue weighted by Crippen LogP contribution is 2.31. The fourth-order valence-electron chi connectivity index (χ4n) is 3.51. The molecule has 168 valence electrons. The standard InChI is InChI=1S/C22H20F4N4O2/c23-18-6-4-15(5-7-18)12-20(31)30-10-8-29(9-11-30)14-19-27-21(32-28-19)16-2-1-3-17(13-16)22(24,25)26/h1-7,13H,8-12,14H2. The van der Waals surface area contributed by atoms with Crippen LogP contribution < -0.4 is 0 Å². The summed E-state index contributed by atoms with van der Waals surface area (Å²) >= 11 is 0. The quantitative estimate of drug-likeness (QED) is 0.556. The first kappa shape index (κ1) is 21.9. The van der Waals surface area contributed by atoms with Gasteiger partial charge in [-0.3, -0.25) is 9.69 Å². The predicted molar refractivity (Wildman–Crippen MR) is 107 cm³/mol. The van der Waals surface area contributed by atoms with Gasteiger partial charge in [-0.1, -0.05) is 23.4 Å². The number of nitrogens with zero attached hydrogens (tertiary/aromatic N) is 4. The highest BCUT2D eigenvalue weighted by molar-refractivity contribution is 5.78. The third-order valence-electron chi connectivity index (χ3n) is 5.26. The fraction of sp³-hybridized carbons (Fsp3) is 0.318. The maximum Gasteiger partial charge on any atom is 0.416 e.